The van der Waals surface area contributed by atoms with Gasteiger partial charge in [0.2, 0.25) is 0 Å². The van der Waals surface area contributed by atoms with Crippen molar-refractivity contribution < 1.29 is 9.90 Å². The van der Waals surface area contributed by atoms with Gasteiger partial charge in [-0.3, -0.25) is 9.78 Å². The molecule has 0 aromatic carbocycles. The van der Waals surface area contributed by atoms with Crippen molar-refractivity contribution >= 4 is 11.5 Å². The second-order valence-electron chi connectivity index (χ2n) is 7.72. The number of hydrogen-bond donors (Lipinski definition) is 1. The molecule has 3 aliphatic rings. The molecular formula is C20H23N3O2. The first-order chi connectivity index (χ1) is 12.0. The molecule has 2 heterocycles. The number of Topliss-reactive ketones (excluding diaryl/α,β-unsaturated/α-hetero) is 1. The molecule has 2 aliphatic carbocycles. The summed E-state index contributed by atoms with van der Waals surface area (Å²) >= 11 is 0. The molecule has 1 spiro atoms. The number of allylic oxidation sites excluding steroid dienone is 1. The SMILES string of the molecule is CC(O)c1cc2c(cn1)CC(=O)C(C#N)=C2N1CCC2(CCC2)CC1. The van der Waals surface area contributed by atoms with Crippen LogP contribution in [-0.2, 0) is 11.2 Å². The Balaban J connectivity index is 1.74. The van der Waals surface area contributed by atoms with E-state index in [1.807, 2.05) is 6.07 Å². The number of pyridine rings is 1. The van der Waals surface area contributed by atoms with Crippen LogP contribution in [0.15, 0.2) is 17.8 Å². The third kappa shape index (κ3) is 2.65. The number of nitrogens with zero attached hydrogens (tertiary/aromatic N) is 3. The van der Waals surface area contributed by atoms with E-state index < -0.39 is 6.10 Å². The fraction of sp³-hybridized carbons (Fsp3) is 0.550. The van der Waals surface area contributed by atoms with Gasteiger partial charge in [-0.1, -0.05) is 6.42 Å². The van der Waals surface area contributed by atoms with Gasteiger partial charge in [-0.25, -0.2) is 0 Å². The third-order valence-corrected chi connectivity index (χ3v) is 6.22. The molecule has 5 nitrogen and oxygen atoms in total. The summed E-state index contributed by atoms with van der Waals surface area (Å²) in [6.45, 7) is 3.46. The summed E-state index contributed by atoms with van der Waals surface area (Å²) in [5.74, 6) is -0.125. The number of aliphatic hydroxyl groups excluding tert-OH is 1. The fourth-order valence-electron chi connectivity index (χ4n) is 4.44. The molecule has 1 saturated heterocycles. The first-order valence-electron chi connectivity index (χ1n) is 9.13. The van der Waals surface area contributed by atoms with Crippen molar-refractivity contribution in [1.82, 2.24) is 9.88 Å². The Kier molecular flexibility index (Phi) is 3.88. The third-order valence-electron chi connectivity index (χ3n) is 6.22. The number of fused-ring (bicyclic) bond motifs is 1. The van der Waals surface area contributed by atoms with Crippen LogP contribution < -0.4 is 0 Å². The summed E-state index contributed by atoms with van der Waals surface area (Å²) < 4.78 is 0. The van der Waals surface area contributed by atoms with Crippen LogP contribution in [0.1, 0.15) is 62.0 Å². The Labute approximate surface area is 148 Å². The van der Waals surface area contributed by atoms with Crippen molar-refractivity contribution in [2.45, 2.75) is 51.6 Å². The summed E-state index contributed by atoms with van der Waals surface area (Å²) in [5.41, 5.74) is 3.86. The van der Waals surface area contributed by atoms with Gasteiger partial charge in [-0.2, -0.15) is 5.26 Å². The predicted molar refractivity (Wildman–Crippen MR) is 93.2 cm³/mol. The van der Waals surface area contributed by atoms with E-state index in [1.54, 1.807) is 13.1 Å². The quantitative estimate of drug-likeness (QED) is 0.898. The molecule has 1 aromatic heterocycles. The molecule has 1 aliphatic heterocycles. The average Bonchev–Trinajstić information content (AvgIpc) is 2.59. The minimum Gasteiger partial charge on any atom is -0.387 e. The average molecular weight is 337 g/mol. The Morgan fingerprint density at radius 3 is 2.60 bits per heavy atom. The van der Waals surface area contributed by atoms with Crippen molar-refractivity contribution in [3.63, 3.8) is 0 Å². The maximum absolute atomic E-state index is 12.5. The van der Waals surface area contributed by atoms with Crippen molar-refractivity contribution in [1.29, 1.82) is 5.26 Å². The zero-order valence-electron chi connectivity index (χ0n) is 14.6. The van der Waals surface area contributed by atoms with Gasteiger partial charge in [-0.15, -0.1) is 0 Å². The number of ketones is 1. The number of aromatic nitrogens is 1. The Morgan fingerprint density at radius 2 is 2.04 bits per heavy atom. The minimum atomic E-state index is -0.672. The smallest absolute Gasteiger partial charge is 0.179 e. The first-order valence-corrected chi connectivity index (χ1v) is 9.13. The Hall–Kier alpha value is -2.19. The highest BCUT2D eigenvalue weighted by Crippen LogP contribution is 2.50. The van der Waals surface area contributed by atoms with Crippen LogP contribution in [0.25, 0.3) is 5.70 Å². The molecule has 1 aromatic rings. The lowest BCUT2D eigenvalue weighted by molar-refractivity contribution is -0.114. The molecule has 1 atom stereocenters. The maximum Gasteiger partial charge on any atom is 0.179 e. The minimum absolute atomic E-state index is 0.125. The van der Waals surface area contributed by atoms with Crippen LogP contribution in [0.5, 0.6) is 0 Å². The molecule has 4 rings (SSSR count). The van der Waals surface area contributed by atoms with E-state index in [9.17, 15) is 15.2 Å². The lowest BCUT2D eigenvalue weighted by Crippen LogP contribution is -2.43. The molecule has 1 unspecified atom stereocenters. The van der Waals surface area contributed by atoms with Gasteiger partial charge < -0.3 is 10.0 Å². The standard InChI is InChI=1S/C20H23N3O2/c1-13(24)17-10-15-14(12-22-17)9-18(25)16(11-21)19(15)23-7-5-20(6-8-23)3-2-4-20/h10,12-13,24H,2-9H2,1H3. The van der Waals surface area contributed by atoms with Crippen LogP contribution in [0.3, 0.4) is 0 Å². The largest absolute Gasteiger partial charge is 0.387 e. The van der Waals surface area contributed by atoms with Crippen molar-refractivity contribution in [3.05, 3.63) is 34.7 Å². The van der Waals surface area contributed by atoms with Crippen molar-refractivity contribution in [2.75, 3.05) is 13.1 Å². The normalized spacial score (nSPS) is 23.1. The second kappa shape index (κ2) is 5.96. The van der Waals surface area contributed by atoms with Gasteiger partial charge in [-0.05, 0) is 49.7 Å². The zero-order valence-corrected chi connectivity index (χ0v) is 14.6. The zero-order chi connectivity index (χ0) is 17.6. The van der Waals surface area contributed by atoms with E-state index in [1.165, 1.54) is 19.3 Å². The summed E-state index contributed by atoms with van der Waals surface area (Å²) in [4.78, 5) is 19.0. The molecule has 5 heteroatoms. The number of aliphatic hydroxyl groups is 1. The molecule has 130 valence electrons. The topological polar surface area (TPSA) is 77.2 Å². The molecule has 1 saturated carbocycles. The second-order valence-corrected chi connectivity index (χ2v) is 7.72. The van der Waals surface area contributed by atoms with Gasteiger partial charge in [0.05, 0.1) is 17.5 Å². The first kappa shape index (κ1) is 16.3. The highest BCUT2D eigenvalue weighted by atomic mass is 16.3. The van der Waals surface area contributed by atoms with Crippen LogP contribution in [-0.4, -0.2) is 33.9 Å². The van der Waals surface area contributed by atoms with Gasteiger partial charge in [0, 0.05) is 31.3 Å². The number of carbonyl (C=O) groups excluding carboxylic acids is 1. The number of hydrogen-bond acceptors (Lipinski definition) is 5. The van der Waals surface area contributed by atoms with Crippen LogP contribution in [0.4, 0.5) is 0 Å². The van der Waals surface area contributed by atoms with Gasteiger partial charge >= 0.3 is 0 Å². The maximum atomic E-state index is 12.5. The summed E-state index contributed by atoms with van der Waals surface area (Å²) in [7, 11) is 0. The Bertz CT molecular complexity index is 790. The molecule has 0 amide bonds. The van der Waals surface area contributed by atoms with E-state index in [0.717, 1.165) is 42.8 Å². The fourth-order valence-corrected chi connectivity index (χ4v) is 4.44. The molecule has 1 N–H and O–H groups in total. The summed E-state index contributed by atoms with van der Waals surface area (Å²) in [5, 5.41) is 19.5. The molecule has 25 heavy (non-hydrogen) atoms. The summed E-state index contributed by atoms with van der Waals surface area (Å²) in [6.07, 6.45) is 7.45. The van der Waals surface area contributed by atoms with Gasteiger partial charge in [0.1, 0.15) is 11.6 Å². The summed E-state index contributed by atoms with van der Waals surface area (Å²) in [6, 6.07) is 4.00. The molecular weight excluding hydrogens is 314 g/mol. The van der Waals surface area contributed by atoms with Gasteiger partial charge in [0.15, 0.2) is 5.78 Å². The number of likely N-dealkylation sites (tertiary alicyclic amines) is 1. The number of piperidine rings is 1. The lowest BCUT2D eigenvalue weighted by atomic mass is 9.63. The van der Waals surface area contributed by atoms with Crippen molar-refractivity contribution in [3.8, 4) is 6.07 Å². The Morgan fingerprint density at radius 1 is 1.32 bits per heavy atom. The molecule has 0 bridgehead atoms. The lowest BCUT2D eigenvalue weighted by Gasteiger charge is -2.49. The van der Waals surface area contributed by atoms with Crippen molar-refractivity contribution in [2.24, 2.45) is 5.41 Å². The van der Waals surface area contributed by atoms with Crippen LogP contribution in [0, 0.1) is 16.7 Å². The van der Waals surface area contributed by atoms with E-state index in [2.05, 4.69) is 16.0 Å². The molecule has 2 fully saturated rings. The van der Waals surface area contributed by atoms with Crippen LogP contribution >= 0.6 is 0 Å². The monoisotopic (exact) mass is 337 g/mol. The highest BCUT2D eigenvalue weighted by molar-refractivity contribution is 6.09. The van der Waals surface area contributed by atoms with E-state index in [0.29, 0.717) is 11.1 Å². The van der Waals surface area contributed by atoms with Gasteiger partial charge in [0.25, 0.3) is 0 Å². The van der Waals surface area contributed by atoms with E-state index in [-0.39, 0.29) is 17.8 Å². The van der Waals surface area contributed by atoms with E-state index in [4.69, 9.17) is 0 Å². The highest BCUT2D eigenvalue weighted by Gasteiger charge is 2.41. The number of carbonyl (C=O) groups is 1. The van der Waals surface area contributed by atoms with Crippen LogP contribution in [0.2, 0.25) is 0 Å². The van der Waals surface area contributed by atoms with E-state index >= 15 is 0 Å². The predicted octanol–water partition coefficient (Wildman–Crippen LogP) is 2.76. The number of nitriles is 1. The molecule has 0 radical (unpaired) electrons. The number of rotatable bonds is 2.